The van der Waals surface area contributed by atoms with Crippen LogP contribution in [-0.4, -0.2) is 33.6 Å². The standard InChI is InChI=1S/C23H24N4O2S/c1-3-12-27(15-21-25-26-23(29-21)20-9-6-13-30-20)16(2)22(28)24-19-11-10-17-7-4-5-8-18(17)14-19/h4-11,13-14,16H,3,12,15H2,1-2H3,(H,24,28)/t16-/m0/s1. The zero-order valence-corrected chi connectivity index (χ0v) is 17.9. The highest BCUT2D eigenvalue weighted by Gasteiger charge is 2.23. The maximum atomic E-state index is 12.9. The fourth-order valence-corrected chi connectivity index (χ4v) is 4.01. The molecule has 2 aromatic carbocycles. The highest BCUT2D eigenvalue weighted by Crippen LogP contribution is 2.24. The van der Waals surface area contributed by atoms with Crippen molar-refractivity contribution >= 4 is 33.7 Å². The minimum atomic E-state index is -0.339. The number of benzene rings is 2. The SMILES string of the molecule is CCCN(Cc1nnc(-c2cccs2)o1)[C@@H](C)C(=O)Nc1ccc2ccccc2c1. The zero-order chi connectivity index (χ0) is 20.9. The Kier molecular flexibility index (Phi) is 6.21. The van der Waals surface area contributed by atoms with Crippen molar-refractivity contribution in [2.75, 3.05) is 11.9 Å². The first-order chi connectivity index (χ1) is 14.6. The van der Waals surface area contributed by atoms with E-state index in [1.54, 1.807) is 11.3 Å². The normalized spacial score (nSPS) is 12.4. The molecule has 1 atom stereocenters. The van der Waals surface area contributed by atoms with Crippen molar-refractivity contribution in [2.24, 2.45) is 0 Å². The fraction of sp³-hybridized carbons (Fsp3) is 0.261. The Hall–Kier alpha value is -3.03. The lowest BCUT2D eigenvalue weighted by molar-refractivity contribution is -0.121. The summed E-state index contributed by atoms with van der Waals surface area (Å²) in [5.41, 5.74) is 0.791. The minimum absolute atomic E-state index is 0.0586. The first-order valence-corrected chi connectivity index (χ1v) is 10.9. The third-order valence-electron chi connectivity index (χ3n) is 4.99. The summed E-state index contributed by atoms with van der Waals surface area (Å²) in [5.74, 6) is 0.971. The molecule has 0 bridgehead atoms. The molecular formula is C23H24N4O2S. The summed E-state index contributed by atoms with van der Waals surface area (Å²) in [7, 11) is 0. The van der Waals surface area contributed by atoms with Crippen molar-refractivity contribution in [3.05, 3.63) is 65.9 Å². The molecule has 30 heavy (non-hydrogen) atoms. The van der Waals surface area contributed by atoms with Gasteiger partial charge in [-0.25, -0.2) is 0 Å². The van der Waals surface area contributed by atoms with E-state index in [2.05, 4.69) is 33.4 Å². The van der Waals surface area contributed by atoms with Crippen LogP contribution in [0.4, 0.5) is 5.69 Å². The lowest BCUT2D eigenvalue weighted by Crippen LogP contribution is -2.42. The Morgan fingerprint density at radius 1 is 1.13 bits per heavy atom. The van der Waals surface area contributed by atoms with Crippen LogP contribution in [-0.2, 0) is 11.3 Å². The quantitative estimate of drug-likeness (QED) is 0.425. The van der Waals surface area contributed by atoms with Crippen molar-refractivity contribution < 1.29 is 9.21 Å². The van der Waals surface area contributed by atoms with Gasteiger partial charge in [-0.2, -0.15) is 0 Å². The highest BCUT2D eigenvalue weighted by atomic mass is 32.1. The maximum Gasteiger partial charge on any atom is 0.257 e. The number of carbonyl (C=O) groups is 1. The molecule has 0 aliphatic rings. The van der Waals surface area contributed by atoms with Crippen molar-refractivity contribution in [1.29, 1.82) is 0 Å². The van der Waals surface area contributed by atoms with E-state index in [9.17, 15) is 4.79 Å². The summed E-state index contributed by atoms with van der Waals surface area (Å²) in [6.07, 6.45) is 0.916. The number of nitrogens with one attached hydrogen (secondary N) is 1. The largest absolute Gasteiger partial charge is 0.419 e. The third-order valence-corrected chi connectivity index (χ3v) is 5.85. The second-order valence-corrected chi connectivity index (χ2v) is 8.12. The Morgan fingerprint density at radius 3 is 2.73 bits per heavy atom. The highest BCUT2D eigenvalue weighted by molar-refractivity contribution is 7.13. The van der Waals surface area contributed by atoms with E-state index in [1.165, 1.54) is 0 Å². The molecule has 0 aliphatic carbocycles. The van der Waals surface area contributed by atoms with Gasteiger partial charge in [-0.3, -0.25) is 9.69 Å². The number of carbonyl (C=O) groups excluding carboxylic acids is 1. The van der Waals surface area contributed by atoms with E-state index < -0.39 is 0 Å². The van der Waals surface area contributed by atoms with Crippen molar-refractivity contribution in [3.8, 4) is 10.8 Å². The summed E-state index contributed by atoms with van der Waals surface area (Å²) < 4.78 is 5.82. The summed E-state index contributed by atoms with van der Waals surface area (Å²) in [5, 5.41) is 15.6. The molecule has 0 spiro atoms. The Morgan fingerprint density at radius 2 is 1.97 bits per heavy atom. The van der Waals surface area contributed by atoms with Gasteiger partial charge >= 0.3 is 0 Å². The molecular weight excluding hydrogens is 396 g/mol. The van der Waals surface area contributed by atoms with Crippen LogP contribution in [0.25, 0.3) is 21.5 Å². The van der Waals surface area contributed by atoms with Gasteiger partial charge in [-0.15, -0.1) is 21.5 Å². The Labute approximate surface area is 179 Å². The van der Waals surface area contributed by atoms with Crippen molar-refractivity contribution in [3.63, 3.8) is 0 Å². The van der Waals surface area contributed by atoms with Gasteiger partial charge in [0.15, 0.2) is 0 Å². The summed E-state index contributed by atoms with van der Waals surface area (Å²) >= 11 is 1.56. The van der Waals surface area contributed by atoms with Gasteiger partial charge in [-0.1, -0.05) is 43.3 Å². The Balaban J connectivity index is 1.45. The maximum absolute atomic E-state index is 12.9. The summed E-state index contributed by atoms with van der Waals surface area (Å²) in [6, 6.07) is 17.6. The predicted molar refractivity (Wildman–Crippen MR) is 120 cm³/mol. The van der Waals surface area contributed by atoms with E-state index in [0.717, 1.165) is 34.3 Å². The molecule has 4 aromatic rings. The van der Waals surface area contributed by atoms with Crippen LogP contribution in [0.3, 0.4) is 0 Å². The van der Waals surface area contributed by atoms with Gasteiger partial charge < -0.3 is 9.73 Å². The average molecular weight is 421 g/mol. The molecule has 1 N–H and O–H groups in total. The van der Waals surface area contributed by atoms with Gasteiger partial charge in [0.2, 0.25) is 11.8 Å². The van der Waals surface area contributed by atoms with Crippen LogP contribution in [0.5, 0.6) is 0 Å². The monoisotopic (exact) mass is 420 g/mol. The van der Waals surface area contributed by atoms with E-state index >= 15 is 0 Å². The third kappa shape index (κ3) is 4.58. The smallest absolute Gasteiger partial charge is 0.257 e. The first kappa shape index (κ1) is 20.3. The van der Waals surface area contributed by atoms with Gasteiger partial charge in [0.25, 0.3) is 5.89 Å². The lowest BCUT2D eigenvalue weighted by Gasteiger charge is -2.26. The zero-order valence-electron chi connectivity index (χ0n) is 17.0. The van der Waals surface area contributed by atoms with Gasteiger partial charge in [-0.05, 0) is 54.2 Å². The molecule has 6 nitrogen and oxygen atoms in total. The molecule has 0 radical (unpaired) electrons. The number of rotatable bonds is 8. The summed E-state index contributed by atoms with van der Waals surface area (Å²) in [4.78, 5) is 15.9. The first-order valence-electron chi connectivity index (χ1n) is 10.0. The minimum Gasteiger partial charge on any atom is -0.419 e. The molecule has 0 unspecified atom stereocenters. The number of fused-ring (bicyclic) bond motifs is 1. The van der Waals surface area contributed by atoms with Crippen LogP contribution in [0, 0.1) is 0 Å². The molecule has 0 saturated carbocycles. The number of amides is 1. The van der Waals surface area contributed by atoms with Gasteiger partial charge in [0.05, 0.1) is 17.5 Å². The number of aromatic nitrogens is 2. The molecule has 0 aliphatic heterocycles. The lowest BCUT2D eigenvalue weighted by atomic mass is 10.1. The van der Waals surface area contributed by atoms with E-state index in [0.29, 0.717) is 18.3 Å². The topological polar surface area (TPSA) is 71.3 Å². The molecule has 0 fully saturated rings. The number of thiophene rings is 1. The number of nitrogens with zero attached hydrogens (tertiary/aromatic N) is 3. The van der Waals surface area contributed by atoms with Crippen LogP contribution < -0.4 is 5.32 Å². The van der Waals surface area contributed by atoms with Gasteiger partial charge in [0.1, 0.15) is 0 Å². The van der Waals surface area contributed by atoms with Crippen LogP contribution in [0.15, 0.2) is 64.4 Å². The van der Waals surface area contributed by atoms with E-state index in [1.807, 2.05) is 60.8 Å². The van der Waals surface area contributed by atoms with Crippen LogP contribution in [0.2, 0.25) is 0 Å². The van der Waals surface area contributed by atoms with Gasteiger partial charge in [0, 0.05) is 5.69 Å². The molecule has 7 heteroatoms. The van der Waals surface area contributed by atoms with E-state index in [4.69, 9.17) is 4.42 Å². The second-order valence-electron chi connectivity index (χ2n) is 7.18. The number of hydrogen-bond acceptors (Lipinski definition) is 6. The fourth-order valence-electron chi connectivity index (χ4n) is 3.37. The molecule has 154 valence electrons. The molecule has 2 heterocycles. The van der Waals surface area contributed by atoms with Crippen molar-refractivity contribution in [2.45, 2.75) is 32.9 Å². The van der Waals surface area contributed by atoms with Crippen LogP contribution >= 0.6 is 11.3 Å². The summed E-state index contributed by atoms with van der Waals surface area (Å²) in [6.45, 7) is 5.18. The average Bonchev–Trinajstić information content (AvgIpc) is 3.45. The molecule has 2 aromatic heterocycles. The number of hydrogen-bond donors (Lipinski definition) is 1. The molecule has 0 saturated heterocycles. The molecule has 1 amide bonds. The molecule has 4 rings (SSSR count). The van der Waals surface area contributed by atoms with E-state index in [-0.39, 0.29) is 11.9 Å². The second kappa shape index (κ2) is 9.19. The number of anilines is 1. The van der Waals surface area contributed by atoms with Crippen LogP contribution in [0.1, 0.15) is 26.2 Å². The Bertz CT molecular complexity index is 1120. The predicted octanol–water partition coefficient (Wildman–Crippen LogP) is 5.19. The van der Waals surface area contributed by atoms with Crippen molar-refractivity contribution in [1.82, 2.24) is 15.1 Å².